The first-order chi connectivity index (χ1) is 12.7. The topological polar surface area (TPSA) is 59.3 Å². The van der Waals surface area contributed by atoms with E-state index in [1.165, 1.54) is 7.11 Å². The van der Waals surface area contributed by atoms with Crippen molar-refractivity contribution in [2.45, 2.75) is 6.10 Å². The van der Waals surface area contributed by atoms with E-state index in [1.807, 2.05) is 48.5 Å². The molecule has 0 saturated heterocycles. The van der Waals surface area contributed by atoms with Gasteiger partial charge in [-0.15, -0.1) is 0 Å². The van der Waals surface area contributed by atoms with Crippen molar-refractivity contribution >= 4 is 5.78 Å². The summed E-state index contributed by atoms with van der Waals surface area (Å²) >= 11 is 0. The van der Waals surface area contributed by atoms with Gasteiger partial charge in [-0.05, 0) is 12.1 Å². The number of hydrogen-bond donors (Lipinski definition) is 0. The van der Waals surface area contributed by atoms with E-state index in [2.05, 4.69) is 6.07 Å². The van der Waals surface area contributed by atoms with Gasteiger partial charge in [-0.1, -0.05) is 60.7 Å². The number of rotatable bonds is 6. The number of carbonyl (C=O) groups is 1. The lowest BCUT2D eigenvalue weighted by molar-refractivity contribution is 0.0787. The zero-order valence-electron chi connectivity index (χ0n) is 14.3. The average molecular weight is 343 g/mol. The molecule has 0 unspecified atom stereocenters. The summed E-state index contributed by atoms with van der Waals surface area (Å²) in [6.45, 7) is 0. The van der Waals surface area contributed by atoms with Gasteiger partial charge in [-0.2, -0.15) is 5.26 Å². The quantitative estimate of drug-likeness (QED) is 0.615. The van der Waals surface area contributed by atoms with Crippen LogP contribution >= 0.6 is 0 Å². The first-order valence-electron chi connectivity index (χ1n) is 8.12. The van der Waals surface area contributed by atoms with Crippen LogP contribution in [0.1, 0.15) is 27.6 Å². The highest BCUT2D eigenvalue weighted by Crippen LogP contribution is 2.33. The summed E-state index contributed by atoms with van der Waals surface area (Å²) in [6.07, 6.45) is -0.819. The Morgan fingerprint density at radius 2 is 1.58 bits per heavy atom. The fourth-order valence-electron chi connectivity index (χ4n) is 2.62. The van der Waals surface area contributed by atoms with Crippen molar-refractivity contribution in [3.05, 3.63) is 95.6 Å². The third-order valence-electron chi connectivity index (χ3n) is 3.94. The zero-order chi connectivity index (χ0) is 18.4. The summed E-state index contributed by atoms with van der Waals surface area (Å²) in [5.41, 5.74) is 1.77. The number of hydrogen-bond acceptors (Lipinski definition) is 4. The highest BCUT2D eigenvalue weighted by atomic mass is 16.5. The predicted molar refractivity (Wildman–Crippen MR) is 98.3 cm³/mol. The van der Waals surface area contributed by atoms with Crippen molar-refractivity contribution < 1.29 is 14.3 Å². The van der Waals surface area contributed by atoms with Gasteiger partial charge in [0.2, 0.25) is 5.78 Å². The van der Waals surface area contributed by atoms with Gasteiger partial charge in [-0.3, -0.25) is 4.79 Å². The van der Waals surface area contributed by atoms with Crippen LogP contribution in [0.15, 0.2) is 78.9 Å². The molecule has 0 radical (unpaired) electrons. The number of Topliss-reactive ketones (excluding diaryl/α,β-unsaturated/α-hetero) is 1. The fourth-order valence-corrected chi connectivity index (χ4v) is 2.62. The number of nitrogens with zero attached hydrogens (tertiary/aromatic N) is 1. The van der Waals surface area contributed by atoms with Crippen molar-refractivity contribution in [2.75, 3.05) is 7.11 Å². The minimum atomic E-state index is -0.819. The number of carbonyl (C=O) groups excluding carboxylic acids is 1. The van der Waals surface area contributed by atoms with Gasteiger partial charge in [0.1, 0.15) is 0 Å². The number of ketones is 1. The molecule has 0 N–H and O–H groups in total. The van der Waals surface area contributed by atoms with Crippen LogP contribution in [0.3, 0.4) is 0 Å². The van der Waals surface area contributed by atoms with Crippen molar-refractivity contribution in [3.8, 4) is 17.6 Å². The molecule has 0 fully saturated rings. The molecular formula is C22H17NO3. The smallest absolute Gasteiger partial charge is 0.207 e. The Bertz CT molecular complexity index is 931. The Morgan fingerprint density at radius 3 is 2.19 bits per heavy atom. The third kappa shape index (κ3) is 3.73. The summed E-state index contributed by atoms with van der Waals surface area (Å²) in [5.74, 6) is 0.665. The number of nitriles is 1. The lowest BCUT2D eigenvalue weighted by Crippen LogP contribution is -2.19. The van der Waals surface area contributed by atoms with E-state index < -0.39 is 6.10 Å². The first kappa shape index (κ1) is 17.2. The molecule has 0 aromatic heterocycles. The maximum atomic E-state index is 13.1. The second kappa shape index (κ2) is 8.00. The van der Waals surface area contributed by atoms with Crippen LogP contribution in [-0.4, -0.2) is 12.9 Å². The van der Waals surface area contributed by atoms with E-state index in [0.717, 1.165) is 5.56 Å². The third-order valence-corrected chi connectivity index (χ3v) is 3.94. The van der Waals surface area contributed by atoms with Crippen LogP contribution in [0.25, 0.3) is 0 Å². The van der Waals surface area contributed by atoms with E-state index in [9.17, 15) is 4.79 Å². The van der Waals surface area contributed by atoms with Crippen LogP contribution in [0.2, 0.25) is 0 Å². The molecule has 128 valence electrons. The Balaban J connectivity index is 2.00. The van der Waals surface area contributed by atoms with Gasteiger partial charge in [0.25, 0.3) is 0 Å². The van der Waals surface area contributed by atoms with E-state index >= 15 is 0 Å². The van der Waals surface area contributed by atoms with Crippen molar-refractivity contribution in [1.82, 2.24) is 0 Å². The second-order valence-electron chi connectivity index (χ2n) is 5.62. The van der Waals surface area contributed by atoms with Crippen LogP contribution in [0, 0.1) is 11.3 Å². The highest BCUT2D eigenvalue weighted by Gasteiger charge is 2.25. The Labute approximate surface area is 152 Å². The molecule has 0 spiro atoms. The van der Waals surface area contributed by atoms with Crippen LogP contribution in [0.5, 0.6) is 11.5 Å². The van der Waals surface area contributed by atoms with E-state index in [-0.39, 0.29) is 5.78 Å². The first-order valence-corrected chi connectivity index (χ1v) is 8.12. The predicted octanol–water partition coefficient (Wildman–Crippen LogP) is 4.57. The molecule has 3 aromatic carbocycles. The molecule has 3 aromatic rings. The van der Waals surface area contributed by atoms with Crippen LogP contribution < -0.4 is 9.47 Å². The SMILES string of the molecule is COc1cc(C#N)ccc1O[C@H](C(=O)c1ccccc1)c1ccccc1. The highest BCUT2D eigenvalue weighted by molar-refractivity contribution is 6.00. The molecule has 0 saturated carbocycles. The molecular weight excluding hydrogens is 326 g/mol. The van der Waals surface area contributed by atoms with Gasteiger partial charge in [-0.25, -0.2) is 0 Å². The second-order valence-corrected chi connectivity index (χ2v) is 5.62. The Morgan fingerprint density at radius 1 is 0.923 bits per heavy atom. The van der Waals surface area contributed by atoms with Crippen molar-refractivity contribution in [2.24, 2.45) is 0 Å². The molecule has 26 heavy (non-hydrogen) atoms. The minimum absolute atomic E-state index is 0.150. The van der Waals surface area contributed by atoms with E-state index in [0.29, 0.717) is 22.6 Å². The molecule has 4 heteroatoms. The maximum Gasteiger partial charge on any atom is 0.207 e. The molecule has 0 aliphatic heterocycles. The monoisotopic (exact) mass is 343 g/mol. The maximum absolute atomic E-state index is 13.1. The molecule has 3 rings (SSSR count). The van der Waals surface area contributed by atoms with Gasteiger partial charge in [0.15, 0.2) is 17.6 Å². The summed E-state index contributed by atoms with van der Waals surface area (Å²) in [4.78, 5) is 13.1. The lowest BCUT2D eigenvalue weighted by Gasteiger charge is -2.20. The lowest BCUT2D eigenvalue weighted by atomic mass is 9.99. The number of benzene rings is 3. The zero-order valence-corrected chi connectivity index (χ0v) is 14.3. The Hall–Kier alpha value is -3.58. The number of ether oxygens (including phenoxy) is 2. The van der Waals surface area contributed by atoms with Crippen molar-refractivity contribution in [3.63, 3.8) is 0 Å². The van der Waals surface area contributed by atoms with Gasteiger partial charge < -0.3 is 9.47 Å². The van der Waals surface area contributed by atoms with E-state index in [4.69, 9.17) is 14.7 Å². The largest absolute Gasteiger partial charge is 0.493 e. The number of methoxy groups -OCH3 is 1. The van der Waals surface area contributed by atoms with Gasteiger partial charge in [0, 0.05) is 17.2 Å². The fraction of sp³-hybridized carbons (Fsp3) is 0.0909. The van der Waals surface area contributed by atoms with E-state index in [1.54, 1.807) is 30.3 Å². The van der Waals surface area contributed by atoms with Crippen LogP contribution in [-0.2, 0) is 0 Å². The minimum Gasteiger partial charge on any atom is -0.493 e. The standard InChI is InChI=1S/C22H17NO3/c1-25-20-14-16(15-23)12-13-19(20)26-22(18-10-6-3-7-11-18)21(24)17-8-4-2-5-9-17/h2-14,22H,1H3/t22-/m0/s1. The molecule has 0 heterocycles. The molecule has 0 aliphatic carbocycles. The summed E-state index contributed by atoms with van der Waals surface area (Å²) < 4.78 is 11.4. The van der Waals surface area contributed by atoms with Crippen molar-refractivity contribution in [1.29, 1.82) is 5.26 Å². The molecule has 0 amide bonds. The van der Waals surface area contributed by atoms with Gasteiger partial charge in [0.05, 0.1) is 18.7 Å². The normalized spacial score (nSPS) is 11.2. The van der Waals surface area contributed by atoms with Gasteiger partial charge >= 0.3 is 0 Å². The molecule has 4 nitrogen and oxygen atoms in total. The Kier molecular flexibility index (Phi) is 5.31. The average Bonchev–Trinajstić information content (AvgIpc) is 2.72. The summed E-state index contributed by atoms with van der Waals surface area (Å²) in [5, 5.41) is 9.04. The molecule has 0 bridgehead atoms. The van der Waals surface area contributed by atoms with Crippen LogP contribution in [0.4, 0.5) is 0 Å². The summed E-state index contributed by atoms with van der Waals surface area (Å²) in [7, 11) is 1.50. The molecule has 0 aliphatic rings. The molecule has 1 atom stereocenters. The summed E-state index contributed by atoms with van der Waals surface area (Å²) in [6, 6.07) is 25.2.